The van der Waals surface area contributed by atoms with Gasteiger partial charge in [-0.25, -0.2) is 0 Å². The van der Waals surface area contributed by atoms with E-state index < -0.39 is 0 Å². The monoisotopic (exact) mass is 250 g/mol. The first kappa shape index (κ1) is 14.0. The van der Waals surface area contributed by atoms with Crippen molar-refractivity contribution in [2.45, 2.75) is 39.7 Å². The van der Waals surface area contributed by atoms with Crippen molar-refractivity contribution in [2.24, 2.45) is 5.92 Å². The smallest absolute Gasteiger partial charge is 0.170 e. The lowest BCUT2D eigenvalue weighted by atomic mass is 10.0. The lowest BCUT2D eigenvalue weighted by Gasteiger charge is -2.19. The van der Waals surface area contributed by atoms with Gasteiger partial charge in [-0.2, -0.15) is 0 Å². The average molecular weight is 250 g/mol. The molecule has 0 radical (unpaired) electrons. The maximum Gasteiger partial charge on any atom is 0.170 e. The van der Waals surface area contributed by atoms with Gasteiger partial charge < -0.3 is 10.6 Å². The van der Waals surface area contributed by atoms with Gasteiger partial charge >= 0.3 is 0 Å². The van der Waals surface area contributed by atoms with Crippen molar-refractivity contribution >= 4 is 23.0 Å². The van der Waals surface area contributed by atoms with Crippen LogP contribution < -0.4 is 10.6 Å². The van der Waals surface area contributed by atoms with Crippen molar-refractivity contribution in [3.8, 4) is 0 Å². The summed E-state index contributed by atoms with van der Waals surface area (Å²) in [5, 5.41) is 7.20. The molecule has 2 N–H and O–H groups in total. The number of hydrogen-bond acceptors (Lipinski definition) is 1. The molecular weight excluding hydrogens is 228 g/mol. The zero-order valence-electron chi connectivity index (χ0n) is 10.9. The Hall–Kier alpha value is -1.09. The predicted octanol–water partition coefficient (Wildman–Crippen LogP) is 3.80. The van der Waals surface area contributed by atoms with E-state index in [0.717, 1.165) is 18.0 Å². The summed E-state index contributed by atoms with van der Waals surface area (Å²) < 4.78 is 0. The second-order valence-corrected chi connectivity index (χ2v) is 5.02. The van der Waals surface area contributed by atoms with E-state index in [-0.39, 0.29) is 0 Å². The van der Waals surface area contributed by atoms with Crippen LogP contribution in [0.3, 0.4) is 0 Å². The van der Waals surface area contributed by atoms with Crippen molar-refractivity contribution in [3.05, 3.63) is 30.3 Å². The maximum atomic E-state index is 5.28. The molecule has 0 saturated carbocycles. The minimum absolute atomic E-state index is 0.411. The number of benzene rings is 1. The van der Waals surface area contributed by atoms with Crippen LogP contribution in [0, 0.1) is 5.92 Å². The summed E-state index contributed by atoms with van der Waals surface area (Å²) in [6.07, 6.45) is 2.36. The second-order valence-electron chi connectivity index (χ2n) is 4.61. The fourth-order valence-corrected chi connectivity index (χ4v) is 2.06. The molecule has 1 aromatic rings. The van der Waals surface area contributed by atoms with Crippen molar-refractivity contribution in [3.63, 3.8) is 0 Å². The van der Waals surface area contributed by atoms with Crippen LogP contribution >= 0.6 is 12.2 Å². The highest BCUT2D eigenvalue weighted by atomic mass is 32.1. The van der Waals surface area contributed by atoms with Gasteiger partial charge in [-0.15, -0.1) is 0 Å². The van der Waals surface area contributed by atoms with Gasteiger partial charge in [0.25, 0.3) is 0 Å². The van der Waals surface area contributed by atoms with Gasteiger partial charge in [-0.3, -0.25) is 0 Å². The molecule has 2 unspecified atom stereocenters. The molecule has 0 aliphatic heterocycles. The number of para-hydroxylation sites is 1. The Morgan fingerprint density at radius 2 is 1.88 bits per heavy atom. The SMILES string of the molecule is CCC(C)CC(C)NC(=S)Nc1ccccc1. The van der Waals surface area contributed by atoms with Crippen molar-refractivity contribution < 1.29 is 0 Å². The van der Waals surface area contributed by atoms with Crippen molar-refractivity contribution in [1.82, 2.24) is 5.32 Å². The summed E-state index contributed by atoms with van der Waals surface area (Å²) >= 11 is 5.28. The summed E-state index contributed by atoms with van der Waals surface area (Å²) in [7, 11) is 0. The Balaban J connectivity index is 2.34. The predicted molar refractivity (Wildman–Crippen MR) is 79.3 cm³/mol. The van der Waals surface area contributed by atoms with Crippen LogP contribution in [0.2, 0.25) is 0 Å². The van der Waals surface area contributed by atoms with E-state index in [9.17, 15) is 0 Å². The van der Waals surface area contributed by atoms with E-state index in [0.29, 0.717) is 11.2 Å². The summed E-state index contributed by atoms with van der Waals surface area (Å²) in [5.41, 5.74) is 1.03. The fraction of sp³-hybridized carbons (Fsp3) is 0.500. The number of hydrogen-bond donors (Lipinski definition) is 2. The zero-order chi connectivity index (χ0) is 12.7. The molecule has 0 spiro atoms. The van der Waals surface area contributed by atoms with Crippen molar-refractivity contribution in [1.29, 1.82) is 0 Å². The third kappa shape index (κ3) is 5.68. The lowest BCUT2D eigenvalue weighted by molar-refractivity contribution is 0.449. The summed E-state index contributed by atoms with van der Waals surface area (Å²) in [4.78, 5) is 0. The molecule has 2 nitrogen and oxygen atoms in total. The number of anilines is 1. The van der Waals surface area contributed by atoms with Gasteiger partial charge in [0, 0.05) is 11.7 Å². The molecule has 0 fully saturated rings. The van der Waals surface area contributed by atoms with Gasteiger partial charge in [0.1, 0.15) is 0 Å². The molecule has 0 amide bonds. The summed E-state index contributed by atoms with van der Waals surface area (Å²) in [6, 6.07) is 10.4. The van der Waals surface area contributed by atoms with Crippen LogP contribution in [0.4, 0.5) is 5.69 Å². The second kappa shape index (κ2) is 7.28. The average Bonchev–Trinajstić information content (AvgIpc) is 2.29. The number of rotatable bonds is 5. The molecule has 2 atom stereocenters. The van der Waals surface area contributed by atoms with E-state index in [2.05, 4.69) is 31.4 Å². The molecular formula is C14H22N2S. The van der Waals surface area contributed by atoms with Gasteiger partial charge in [0.2, 0.25) is 0 Å². The fourth-order valence-electron chi connectivity index (χ4n) is 1.74. The third-order valence-corrected chi connectivity index (χ3v) is 3.08. The van der Waals surface area contributed by atoms with E-state index in [1.807, 2.05) is 30.3 Å². The molecule has 0 aliphatic rings. The number of nitrogens with one attached hydrogen (secondary N) is 2. The molecule has 0 aromatic heterocycles. The maximum absolute atomic E-state index is 5.28. The van der Waals surface area contributed by atoms with Gasteiger partial charge in [-0.05, 0) is 43.6 Å². The van der Waals surface area contributed by atoms with Gasteiger partial charge in [-0.1, -0.05) is 38.5 Å². The normalized spacial score (nSPS) is 13.8. The first-order valence-corrected chi connectivity index (χ1v) is 6.65. The molecule has 0 saturated heterocycles. The molecule has 17 heavy (non-hydrogen) atoms. The Bertz CT molecular complexity index is 337. The highest BCUT2D eigenvalue weighted by Crippen LogP contribution is 2.10. The minimum atomic E-state index is 0.411. The molecule has 0 heterocycles. The van der Waals surface area contributed by atoms with Crippen molar-refractivity contribution in [2.75, 3.05) is 5.32 Å². The highest BCUT2D eigenvalue weighted by Gasteiger charge is 2.08. The molecule has 1 rings (SSSR count). The molecule has 1 aromatic carbocycles. The third-order valence-electron chi connectivity index (χ3n) is 2.86. The minimum Gasteiger partial charge on any atom is -0.360 e. The van der Waals surface area contributed by atoms with Crippen LogP contribution in [0.15, 0.2) is 30.3 Å². The first-order valence-electron chi connectivity index (χ1n) is 6.24. The first-order chi connectivity index (χ1) is 8.11. The van der Waals surface area contributed by atoms with E-state index in [4.69, 9.17) is 12.2 Å². The highest BCUT2D eigenvalue weighted by molar-refractivity contribution is 7.80. The summed E-state index contributed by atoms with van der Waals surface area (Å²) in [6.45, 7) is 6.66. The molecule has 3 heteroatoms. The van der Waals surface area contributed by atoms with E-state index in [1.165, 1.54) is 6.42 Å². The zero-order valence-corrected chi connectivity index (χ0v) is 11.7. The lowest BCUT2D eigenvalue weighted by Crippen LogP contribution is -2.36. The topological polar surface area (TPSA) is 24.1 Å². The van der Waals surface area contributed by atoms with E-state index >= 15 is 0 Å². The molecule has 0 bridgehead atoms. The van der Waals surface area contributed by atoms with Crippen LogP contribution in [0.25, 0.3) is 0 Å². The van der Waals surface area contributed by atoms with Crippen LogP contribution in [0.5, 0.6) is 0 Å². The Morgan fingerprint density at radius 3 is 2.47 bits per heavy atom. The van der Waals surface area contributed by atoms with Crippen LogP contribution in [-0.2, 0) is 0 Å². The Morgan fingerprint density at radius 1 is 1.24 bits per heavy atom. The van der Waals surface area contributed by atoms with E-state index in [1.54, 1.807) is 0 Å². The largest absolute Gasteiger partial charge is 0.360 e. The Kier molecular flexibility index (Phi) is 5.98. The molecule has 0 aliphatic carbocycles. The van der Waals surface area contributed by atoms with Gasteiger partial charge in [0.15, 0.2) is 5.11 Å². The molecule has 94 valence electrons. The van der Waals surface area contributed by atoms with Crippen LogP contribution in [-0.4, -0.2) is 11.2 Å². The van der Waals surface area contributed by atoms with Crippen LogP contribution in [0.1, 0.15) is 33.6 Å². The standard InChI is InChI=1S/C14H22N2S/c1-4-11(2)10-12(3)15-14(17)16-13-8-6-5-7-9-13/h5-9,11-12H,4,10H2,1-3H3,(H2,15,16,17). The Labute approximate surface area is 110 Å². The quantitative estimate of drug-likeness (QED) is 0.777. The number of thiocarbonyl (C=S) groups is 1. The van der Waals surface area contributed by atoms with Gasteiger partial charge in [0.05, 0.1) is 0 Å². The summed E-state index contributed by atoms with van der Waals surface area (Å²) in [5.74, 6) is 0.733.